The quantitative estimate of drug-likeness (QED) is 0.416. The van der Waals surface area contributed by atoms with Crippen LogP contribution in [0.25, 0.3) is 0 Å². The zero-order chi connectivity index (χ0) is 20.3. The van der Waals surface area contributed by atoms with Gasteiger partial charge < -0.3 is 20.4 Å². The van der Waals surface area contributed by atoms with Crippen LogP contribution in [0.1, 0.15) is 31.2 Å². The lowest BCUT2D eigenvalue weighted by atomic mass is 10.0. The Hall–Kier alpha value is -1.63. The topological polar surface area (TPSA) is 46.1 Å². The van der Waals surface area contributed by atoms with Gasteiger partial charge in [-0.1, -0.05) is 30.3 Å². The van der Waals surface area contributed by atoms with Crippen LogP contribution in [0.15, 0.2) is 35.3 Å². The van der Waals surface area contributed by atoms with Crippen molar-refractivity contribution in [1.82, 2.24) is 25.3 Å². The van der Waals surface area contributed by atoms with Crippen LogP contribution in [-0.4, -0.2) is 93.2 Å². The molecule has 0 atom stereocenters. The van der Waals surface area contributed by atoms with E-state index in [1.54, 1.807) is 0 Å². The number of nitrogens with one attached hydrogen (secondary N) is 2. The van der Waals surface area contributed by atoms with Crippen molar-refractivity contribution >= 4 is 5.96 Å². The average molecular weight is 401 g/mol. The molecule has 0 amide bonds. The largest absolute Gasteiger partial charge is 0.356 e. The number of likely N-dealkylation sites (N-methyl/N-ethyl adjacent to an activating group) is 1. The lowest BCUT2D eigenvalue weighted by molar-refractivity contribution is 0.198. The predicted molar refractivity (Wildman–Crippen MR) is 122 cm³/mol. The van der Waals surface area contributed by atoms with Crippen LogP contribution in [0.5, 0.6) is 0 Å². The van der Waals surface area contributed by atoms with Gasteiger partial charge >= 0.3 is 0 Å². The van der Waals surface area contributed by atoms with Crippen molar-refractivity contribution in [1.29, 1.82) is 0 Å². The minimum atomic E-state index is 0.523. The van der Waals surface area contributed by atoms with Gasteiger partial charge in [-0.25, -0.2) is 0 Å². The molecule has 29 heavy (non-hydrogen) atoms. The highest BCUT2D eigenvalue weighted by molar-refractivity contribution is 5.79. The van der Waals surface area contributed by atoms with Crippen molar-refractivity contribution in [2.24, 2.45) is 4.99 Å². The van der Waals surface area contributed by atoms with E-state index >= 15 is 0 Å². The molecule has 6 nitrogen and oxygen atoms in total. The number of benzene rings is 1. The number of hydrogen-bond donors (Lipinski definition) is 2. The Morgan fingerprint density at radius 3 is 2.55 bits per heavy atom. The molecule has 0 spiro atoms. The van der Waals surface area contributed by atoms with Crippen molar-refractivity contribution in [2.45, 2.75) is 38.3 Å². The second-order valence-corrected chi connectivity index (χ2v) is 8.53. The van der Waals surface area contributed by atoms with Crippen LogP contribution in [-0.2, 0) is 6.54 Å². The molecular weight excluding hydrogens is 360 g/mol. The lowest BCUT2D eigenvalue weighted by Crippen LogP contribution is -2.48. The zero-order valence-electron chi connectivity index (χ0n) is 18.4. The van der Waals surface area contributed by atoms with Crippen LogP contribution in [0.2, 0.25) is 0 Å². The van der Waals surface area contributed by atoms with E-state index in [1.807, 2.05) is 7.05 Å². The Kier molecular flexibility index (Phi) is 9.25. The fourth-order valence-corrected chi connectivity index (χ4v) is 4.30. The Labute approximate surface area is 177 Å². The van der Waals surface area contributed by atoms with Crippen LogP contribution in [0, 0.1) is 0 Å². The van der Waals surface area contributed by atoms with Gasteiger partial charge in [0.1, 0.15) is 0 Å². The van der Waals surface area contributed by atoms with Crippen molar-refractivity contribution in [3.05, 3.63) is 35.9 Å². The fraction of sp³-hybridized carbons (Fsp3) is 0.696. The maximum absolute atomic E-state index is 4.44. The smallest absolute Gasteiger partial charge is 0.191 e. The van der Waals surface area contributed by atoms with Gasteiger partial charge in [-0.15, -0.1) is 0 Å². The maximum Gasteiger partial charge on any atom is 0.191 e. The molecule has 2 saturated heterocycles. The van der Waals surface area contributed by atoms with Gasteiger partial charge in [-0.2, -0.15) is 0 Å². The molecule has 2 fully saturated rings. The summed E-state index contributed by atoms with van der Waals surface area (Å²) in [6.07, 6.45) is 4.81. The summed E-state index contributed by atoms with van der Waals surface area (Å²) in [5.41, 5.74) is 1.41. The maximum atomic E-state index is 4.44. The molecular formula is C23H40N6. The standard InChI is InChI=1S/C23H40N6/c1-24-23(25-12-6-14-28-15-7-13-27(2)18-19-28)26-22-10-16-29(17-11-22)20-21-8-4-3-5-9-21/h3-5,8-9,22H,6-7,10-20H2,1-2H3,(H2,24,25,26). The van der Waals surface area contributed by atoms with Crippen molar-refractivity contribution in [3.8, 4) is 0 Å². The summed E-state index contributed by atoms with van der Waals surface area (Å²) >= 11 is 0. The van der Waals surface area contributed by atoms with Gasteiger partial charge in [0.2, 0.25) is 0 Å². The average Bonchev–Trinajstić information content (AvgIpc) is 2.96. The molecule has 1 aromatic rings. The fourth-order valence-electron chi connectivity index (χ4n) is 4.30. The Morgan fingerprint density at radius 1 is 1.00 bits per heavy atom. The van der Waals surface area contributed by atoms with Crippen molar-refractivity contribution in [3.63, 3.8) is 0 Å². The first-order valence-electron chi connectivity index (χ1n) is 11.4. The number of guanidine groups is 1. The first kappa shape index (κ1) is 22.1. The molecule has 0 aliphatic carbocycles. The summed E-state index contributed by atoms with van der Waals surface area (Å²) < 4.78 is 0. The number of hydrogen-bond acceptors (Lipinski definition) is 4. The third-order valence-electron chi connectivity index (χ3n) is 6.16. The molecule has 0 radical (unpaired) electrons. The van der Waals surface area contributed by atoms with E-state index in [-0.39, 0.29) is 0 Å². The van der Waals surface area contributed by atoms with E-state index in [4.69, 9.17) is 0 Å². The van der Waals surface area contributed by atoms with Crippen LogP contribution in [0.4, 0.5) is 0 Å². The number of piperidine rings is 1. The Morgan fingerprint density at radius 2 is 1.79 bits per heavy atom. The Balaban J connectivity index is 1.29. The van der Waals surface area contributed by atoms with E-state index in [0.29, 0.717) is 6.04 Å². The summed E-state index contributed by atoms with van der Waals surface area (Å²) in [5.74, 6) is 0.960. The number of aliphatic imine (C=N–C) groups is 1. The highest BCUT2D eigenvalue weighted by Gasteiger charge is 2.20. The third-order valence-corrected chi connectivity index (χ3v) is 6.16. The van der Waals surface area contributed by atoms with Crippen LogP contribution in [0.3, 0.4) is 0 Å². The van der Waals surface area contributed by atoms with Gasteiger partial charge in [0, 0.05) is 52.4 Å². The molecule has 0 unspecified atom stereocenters. The van der Waals surface area contributed by atoms with E-state index in [1.165, 1.54) is 64.0 Å². The molecule has 162 valence electrons. The van der Waals surface area contributed by atoms with E-state index in [9.17, 15) is 0 Å². The number of rotatable bonds is 7. The highest BCUT2D eigenvalue weighted by atomic mass is 15.2. The molecule has 2 N–H and O–H groups in total. The summed E-state index contributed by atoms with van der Waals surface area (Å²) in [6.45, 7) is 10.4. The summed E-state index contributed by atoms with van der Waals surface area (Å²) in [4.78, 5) is 12.0. The zero-order valence-corrected chi connectivity index (χ0v) is 18.4. The van der Waals surface area contributed by atoms with Crippen LogP contribution < -0.4 is 10.6 Å². The normalized spacial score (nSPS) is 21.1. The summed E-state index contributed by atoms with van der Waals surface area (Å²) in [7, 11) is 4.11. The van der Waals surface area contributed by atoms with Gasteiger partial charge in [0.15, 0.2) is 5.96 Å². The number of nitrogens with zero attached hydrogens (tertiary/aromatic N) is 4. The second-order valence-electron chi connectivity index (χ2n) is 8.53. The SMILES string of the molecule is CN=C(NCCCN1CCCN(C)CC1)NC1CCN(Cc2ccccc2)CC1. The third kappa shape index (κ3) is 7.96. The Bertz CT molecular complexity index is 597. The molecule has 2 aliphatic rings. The second kappa shape index (κ2) is 12.2. The summed E-state index contributed by atoms with van der Waals surface area (Å²) in [5, 5.41) is 7.16. The van der Waals surface area contributed by atoms with Gasteiger partial charge in [0.05, 0.1) is 0 Å². The first-order chi connectivity index (χ1) is 14.2. The molecule has 2 heterocycles. The van der Waals surface area contributed by atoms with Crippen molar-refractivity contribution < 1.29 is 0 Å². The van der Waals surface area contributed by atoms with E-state index in [2.05, 4.69) is 67.7 Å². The van der Waals surface area contributed by atoms with Gasteiger partial charge in [-0.05, 0) is 57.9 Å². The number of likely N-dealkylation sites (tertiary alicyclic amines) is 1. The van der Waals surface area contributed by atoms with E-state index < -0.39 is 0 Å². The minimum absolute atomic E-state index is 0.523. The molecule has 6 heteroatoms. The first-order valence-corrected chi connectivity index (χ1v) is 11.4. The van der Waals surface area contributed by atoms with Crippen LogP contribution >= 0.6 is 0 Å². The van der Waals surface area contributed by atoms with Gasteiger partial charge in [-0.3, -0.25) is 9.89 Å². The lowest BCUT2D eigenvalue weighted by Gasteiger charge is -2.33. The highest BCUT2D eigenvalue weighted by Crippen LogP contribution is 2.13. The monoisotopic (exact) mass is 400 g/mol. The summed E-state index contributed by atoms with van der Waals surface area (Å²) in [6, 6.07) is 11.3. The van der Waals surface area contributed by atoms with Gasteiger partial charge in [0.25, 0.3) is 0 Å². The molecule has 3 rings (SSSR count). The minimum Gasteiger partial charge on any atom is -0.356 e. The molecule has 0 bridgehead atoms. The van der Waals surface area contributed by atoms with E-state index in [0.717, 1.165) is 32.1 Å². The molecule has 2 aliphatic heterocycles. The molecule has 0 aromatic heterocycles. The van der Waals surface area contributed by atoms with Crippen molar-refractivity contribution in [2.75, 3.05) is 66.5 Å². The predicted octanol–water partition coefficient (Wildman–Crippen LogP) is 1.84. The molecule has 0 saturated carbocycles. The molecule has 1 aromatic carbocycles.